The molecule has 0 aliphatic carbocycles. The Bertz CT molecular complexity index is 1580. The topological polar surface area (TPSA) is 147 Å². The van der Waals surface area contributed by atoms with Crippen LogP contribution in [0.5, 0.6) is 0 Å². The third kappa shape index (κ3) is 6.32. The molecule has 0 spiro atoms. The number of ether oxygens (including phenoxy) is 1. The highest BCUT2D eigenvalue weighted by Gasteiger charge is 2.38. The second-order valence-corrected chi connectivity index (χ2v) is 8.52. The maximum absolute atomic E-state index is 10.6. The molecular weight excluding hydrogens is 531 g/mol. The summed E-state index contributed by atoms with van der Waals surface area (Å²) in [5.74, 6) is -1.50. The van der Waals surface area contributed by atoms with Crippen LogP contribution in [-0.2, 0) is 9.53 Å². The SMILES string of the molecule is O=C(O)C(F)(F)F.c1cc(-n2cnc(N3CCOCC3)n2)ccc1Nc1ncc2ccc(-c3cn[nH]c3)cc2n1. The van der Waals surface area contributed by atoms with Crippen molar-refractivity contribution >= 4 is 34.5 Å². The Hall–Kier alpha value is -5.05. The van der Waals surface area contributed by atoms with E-state index in [0.29, 0.717) is 19.2 Å². The number of hydrogen-bond acceptors (Lipinski definition) is 9. The molecule has 206 valence electrons. The van der Waals surface area contributed by atoms with Crippen molar-refractivity contribution in [2.24, 2.45) is 0 Å². The van der Waals surface area contributed by atoms with E-state index in [1.165, 1.54) is 0 Å². The third-order valence-corrected chi connectivity index (χ3v) is 5.82. The number of aromatic nitrogens is 7. The second-order valence-electron chi connectivity index (χ2n) is 8.52. The summed E-state index contributed by atoms with van der Waals surface area (Å²) in [5.41, 5.74) is 4.75. The number of H-pyrrole nitrogens is 1. The second kappa shape index (κ2) is 11.4. The molecule has 40 heavy (non-hydrogen) atoms. The predicted molar refractivity (Wildman–Crippen MR) is 138 cm³/mol. The number of fused-ring (bicyclic) bond motifs is 1. The van der Waals surface area contributed by atoms with Gasteiger partial charge in [-0.3, -0.25) is 5.10 Å². The summed E-state index contributed by atoms with van der Waals surface area (Å²) in [7, 11) is 0. The van der Waals surface area contributed by atoms with Gasteiger partial charge in [-0.25, -0.2) is 19.4 Å². The molecule has 1 saturated heterocycles. The number of hydrogen-bond donors (Lipinski definition) is 3. The van der Waals surface area contributed by atoms with Crippen molar-refractivity contribution in [2.75, 3.05) is 36.5 Å². The number of anilines is 3. The van der Waals surface area contributed by atoms with Gasteiger partial charge < -0.3 is 20.1 Å². The van der Waals surface area contributed by atoms with Crippen LogP contribution in [0, 0.1) is 0 Å². The van der Waals surface area contributed by atoms with Crippen molar-refractivity contribution in [3.63, 3.8) is 0 Å². The molecule has 0 amide bonds. The number of aromatic amines is 1. The summed E-state index contributed by atoms with van der Waals surface area (Å²) >= 11 is 0. The first-order chi connectivity index (χ1) is 19.3. The van der Waals surface area contributed by atoms with Gasteiger partial charge in [-0.05, 0) is 35.9 Å². The van der Waals surface area contributed by atoms with E-state index in [-0.39, 0.29) is 0 Å². The normalized spacial score (nSPS) is 13.5. The molecule has 0 saturated carbocycles. The Morgan fingerprint density at radius 1 is 1.02 bits per heavy atom. The van der Waals surface area contributed by atoms with Gasteiger partial charge in [0.2, 0.25) is 11.9 Å². The number of carboxylic acids is 1. The standard InChI is InChI=1S/C23H21N9O.C2HF3O2/c1-2-17-12-24-22(29-21(17)11-16(1)18-13-26-27-14-18)28-19-3-5-20(6-4-19)32-15-25-23(30-32)31-7-9-33-10-8-31;3-2(4,5)1(6)7/h1-6,11-15H,7-10H2,(H,26,27)(H,24,28,29);(H,6,7). The summed E-state index contributed by atoms with van der Waals surface area (Å²) in [6.07, 6.45) is 2.13. The molecule has 1 aliphatic rings. The fraction of sp³-hybridized carbons (Fsp3) is 0.200. The van der Waals surface area contributed by atoms with E-state index >= 15 is 0 Å². The quantitative estimate of drug-likeness (QED) is 0.294. The fourth-order valence-corrected chi connectivity index (χ4v) is 3.79. The Morgan fingerprint density at radius 3 is 2.45 bits per heavy atom. The summed E-state index contributed by atoms with van der Waals surface area (Å²) in [4.78, 5) is 24.6. The molecule has 3 aromatic heterocycles. The zero-order valence-electron chi connectivity index (χ0n) is 20.7. The lowest BCUT2D eigenvalue weighted by atomic mass is 10.1. The predicted octanol–water partition coefficient (Wildman–Crippen LogP) is 3.81. The number of carbonyl (C=O) groups is 1. The van der Waals surface area contributed by atoms with Crippen LogP contribution in [0.2, 0.25) is 0 Å². The summed E-state index contributed by atoms with van der Waals surface area (Å²) in [6, 6.07) is 14.0. The fourth-order valence-electron chi connectivity index (χ4n) is 3.79. The van der Waals surface area contributed by atoms with E-state index in [1.807, 2.05) is 54.9 Å². The molecule has 0 radical (unpaired) electrons. The molecule has 0 atom stereocenters. The van der Waals surface area contributed by atoms with E-state index in [2.05, 4.69) is 40.5 Å². The van der Waals surface area contributed by atoms with Gasteiger partial charge in [0.05, 0.1) is 30.6 Å². The number of alkyl halides is 3. The molecule has 0 bridgehead atoms. The summed E-state index contributed by atoms with van der Waals surface area (Å²) in [6.45, 7) is 3.02. The molecule has 12 nitrogen and oxygen atoms in total. The van der Waals surface area contributed by atoms with Crippen LogP contribution in [0.1, 0.15) is 0 Å². The van der Waals surface area contributed by atoms with E-state index in [0.717, 1.165) is 52.4 Å². The molecule has 3 N–H and O–H groups in total. The minimum atomic E-state index is -5.08. The van der Waals surface area contributed by atoms with Crippen molar-refractivity contribution in [1.82, 2.24) is 34.9 Å². The Kier molecular flexibility index (Phi) is 7.54. The van der Waals surface area contributed by atoms with Gasteiger partial charge >= 0.3 is 12.1 Å². The van der Waals surface area contributed by atoms with Crippen LogP contribution < -0.4 is 10.2 Å². The summed E-state index contributed by atoms with van der Waals surface area (Å²) < 4.78 is 38.9. The molecule has 0 unspecified atom stereocenters. The average Bonchev–Trinajstić information content (AvgIpc) is 3.67. The van der Waals surface area contributed by atoms with Gasteiger partial charge in [-0.15, -0.1) is 5.10 Å². The molecule has 1 aliphatic heterocycles. The van der Waals surface area contributed by atoms with Gasteiger partial charge in [-0.2, -0.15) is 23.3 Å². The lowest BCUT2D eigenvalue weighted by Crippen LogP contribution is -2.37. The maximum atomic E-state index is 10.6. The van der Waals surface area contributed by atoms with Crippen molar-refractivity contribution in [3.8, 4) is 16.8 Å². The zero-order chi connectivity index (χ0) is 28.1. The highest BCUT2D eigenvalue weighted by atomic mass is 19.4. The van der Waals surface area contributed by atoms with Crippen LogP contribution in [0.4, 0.5) is 30.8 Å². The Morgan fingerprint density at radius 2 is 1.77 bits per heavy atom. The lowest BCUT2D eigenvalue weighted by molar-refractivity contribution is -0.192. The monoisotopic (exact) mass is 553 g/mol. The van der Waals surface area contributed by atoms with Crippen molar-refractivity contribution in [2.45, 2.75) is 6.18 Å². The Balaban J connectivity index is 0.000000411. The van der Waals surface area contributed by atoms with E-state index in [9.17, 15) is 13.2 Å². The molecule has 1 fully saturated rings. The van der Waals surface area contributed by atoms with Crippen molar-refractivity contribution in [1.29, 1.82) is 0 Å². The molecular formula is C25H22F3N9O3. The molecule has 6 rings (SSSR count). The number of aliphatic carboxylic acids is 1. The lowest BCUT2D eigenvalue weighted by Gasteiger charge is -2.25. The highest BCUT2D eigenvalue weighted by molar-refractivity contribution is 5.84. The molecule has 15 heteroatoms. The van der Waals surface area contributed by atoms with E-state index in [1.54, 1.807) is 17.2 Å². The number of nitrogens with one attached hydrogen (secondary N) is 2. The molecule has 2 aromatic carbocycles. The number of benzene rings is 2. The number of morpholine rings is 1. The number of halogens is 3. The highest BCUT2D eigenvalue weighted by Crippen LogP contribution is 2.24. The van der Waals surface area contributed by atoms with Crippen molar-refractivity contribution < 1.29 is 27.8 Å². The van der Waals surface area contributed by atoms with Crippen LogP contribution in [0.25, 0.3) is 27.7 Å². The smallest absolute Gasteiger partial charge is 0.475 e. The van der Waals surface area contributed by atoms with Crippen LogP contribution in [0.3, 0.4) is 0 Å². The van der Waals surface area contributed by atoms with Gasteiger partial charge in [0.15, 0.2) is 0 Å². The number of rotatable bonds is 5. The Labute approximate surface area is 224 Å². The van der Waals surface area contributed by atoms with E-state index in [4.69, 9.17) is 14.6 Å². The maximum Gasteiger partial charge on any atom is 0.490 e. The van der Waals surface area contributed by atoms with Gasteiger partial charge in [0.25, 0.3) is 0 Å². The zero-order valence-corrected chi connectivity index (χ0v) is 20.7. The minimum absolute atomic E-state index is 0.537. The third-order valence-electron chi connectivity index (χ3n) is 5.82. The first kappa shape index (κ1) is 26.6. The van der Waals surface area contributed by atoms with Crippen LogP contribution in [0.15, 0.2) is 67.4 Å². The summed E-state index contributed by atoms with van der Waals surface area (Å²) in [5, 5.41) is 22.8. The van der Waals surface area contributed by atoms with E-state index < -0.39 is 12.1 Å². The van der Waals surface area contributed by atoms with Crippen LogP contribution >= 0.6 is 0 Å². The van der Waals surface area contributed by atoms with Crippen LogP contribution in [-0.4, -0.2) is 78.5 Å². The molecule has 4 heterocycles. The van der Waals surface area contributed by atoms with Gasteiger partial charge in [-0.1, -0.05) is 12.1 Å². The van der Waals surface area contributed by atoms with Gasteiger partial charge in [0, 0.05) is 42.1 Å². The van der Waals surface area contributed by atoms with Crippen molar-refractivity contribution in [3.05, 3.63) is 67.4 Å². The molecule has 5 aromatic rings. The number of nitrogens with zero attached hydrogens (tertiary/aromatic N) is 7. The van der Waals surface area contributed by atoms with Gasteiger partial charge in [0.1, 0.15) is 6.33 Å². The first-order valence-corrected chi connectivity index (χ1v) is 11.9. The minimum Gasteiger partial charge on any atom is -0.475 e. The number of carboxylic acid groups (broad SMARTS) is 1. The first-order valence-electron chi connectivity index (χ1n) is 11.9. The largest absolute Gasteiger partial charge is 0.490 e. The average molecular weight is 554 g/mol.